The number of nitrogens with zero attached hydrogens (tertiary/aromatic N) is 3. The van der Waals surface area contributed by atoms with Crippen molar-refractivity contribution in [2.75, 3.05) is 5.32 Å². The number of furan rings is 1. The molecule has 43 heavy (non-hydrogen) atoms. The van der Waals surface area contributed by atoms with Crippen molar-refractivity contribution in [2.45, 2.75) is 45.8 Å². The molecule has 0 radical (unpaired) electrons. The first-order valence-electron chi connectivity index (χ1n) is 14.1. The number of carbonyl (C=O) groups is 1. The van der Waals surface area contributed by atoms with E-state index in [1.165, 1.54) is 4.68 Å². The third-order valence-electron chi connectivity index (χ3n) is 7.16. The smallest absolute Gasteiger partial charge is 0.284 e. The van der Waals surface area contributed by atoms with Crippen LogP contribution in [0, 0.1) is 6.92 Å². The van der Waals surface area contributed by atoms with Crippen LogP contribution in [-0.4, -0.2) is 31.0 Å². The molecule has 0 spiro atoms. The van der Waals surface area contributed by atoms with Gasteiger partial charge in [0.1, 0.15) is 22.6 Å². The highest BCUT2D eigenvalue weighted by molar-refractivity contribution is 6.05. The van der Waals surface area contributed by atoms with Crippen LogP contribution in [0.25, 0.3) is 22.4 Å². The molecule has 1 aliphatic rings. The predicted octanol–water partition coefficient (Wildman–Crippen LogP) is 6.64. The van der Waals surface area contributed by atoms with Gasteiger partial charge < -0.3 is 19.6 Å². The number of allylic oxidation sites excluding steroid dienone is 4. The maximum absolute atomic E-state index is 13.6. The fourth-order valence-corrected chi connectivity index (χ4v) is 5.15. The summed E-state index contributed by atoms with van der Waals surface area (Å²) in [6.07, 6.45) is 9.98. The number of anilines is 1. The van der Waals surface area contributed by atoms with Gasteiger partial charge in [-0.25, -0.2) is 4.68 Å². The van der Waals surface area contributed by atoms with E-state index in [4.69, 9.17) is 9.15 Å². The molecule has 9 heteroatoms. The van der Waals surface area contributed by atoms with Crippen LogP contribution in [0.1, 0.15) is 48.5 Å². The fourth-order valence-electron chi connectivity index (χ4n) is 5.15. The number of aromatic nitrogens is 3. The fraction of sp³-hybridized carbons (Fsp3) is 0.206. The van der Waals surface area contributed by atoms with Crippen molar-refractivity contribution < 1.29 is 19.1 Å². The number of hydrogen-bond acceptors (Lipinski definition) is 6. The van der Waals surface area contributed by atoms with Crippen molar-refractivity contribution in [3.05, 3.63) is 119 Å². The molecule has 1 aliphatic carbocycles. The molecule has 2 N–H and O–H groups in total. The maximum Gasteiger partial charge on any atom is 0.284 e. The number of rotatable bonds is 8. The number of nitrogens with one attached hydrogen (secondary N) is 1. The van der Waals surface area contributed by atoms with Crippen LogP contribution < -0.4 is 15.6 Å². The van der Waals surface area contributed by atoms with E-state index in [9.17, 15) is 14.7 Å². The topological polar surface area (TPSA) is 112 Å². The lowest BCUT2D eigenvalue weighted by Crippen LogP contribution is -2.32. The predicted molar refractivity (Wildman–Crippen MR) is 166 cm³/mol. The number of benzene rings is 2. The third kappa shape index (κ3) is 5.80. The zero-order valence-corrected chi connectivity index (χ0v) is 24.2. The monoisotopic (exact) mass is 576 g/mol. The lowest BCUT2D eigenvalue weighted by molar-refractivity contribution is 0.0546. The lowest BCUT2D eigenvalue weighted by atomic mass is 10.1. The first-order chi connectivity index (χ1) is 20.7. The Balaban J connectivity index is 1.23. The quantitative estimate of drug-likeness (QED) is 0.214. The molecule has 2 aromatic carbocycles. The molecule has 218 valence electrons. The minimum absolute atomic E-state index is 0.00385. The second-order valence-electron chi connectivity index (χ2n) is 11.1. The summed E-state index contributed by atoms with van der Waals surface area (Å²) in [5, 5.41) is 13.4. The van der Waals surface area contributed by atoms with Crippen LogP contribution in [0.15, 0.2) is 100 Å². The van der Waals surface area contributed by atoms with Gasteiger partial charge in [0.2, 0.25) is 0 Å². The Hall–Kier alpha value is -5.15. The first-order valence-corrected chi connectivity index (χ1v) is 14.1. The van der Waals surface area contributed by atoms with Crippen molar-refractivity contribution in [1.29, 1.82) is 0 Å². The van der Waals surface area contributed by atoms with Gasteiger partial charge >= 0.3 is 0 Å². The second kappa shape index (κ2) is 11.3. The van der Waals surface area contributed by atoms with Crippen LogP contribution in [0.4, 0.5) is 5.69 Å². The van der Waals surface area contributed by atoms with E-state index in [1.54, 1.807) is 74.1 Å². The summed E-state index contributed by atoms with van der Waals surface area (Å²) in [6, 6.07) is 19.6. The number of ether oxygens (including phenoxy) is 1. The number of amides is 1. The van der Waals surface area contributed by atoms with Gasteiger partial charge in [-0.2, -0.15) is 0 Å². The van der Waals surface area contributed by atoms with Gasteiger partial charge in [-0.15, -0.1) is 0 Å². The van der Waals surface area contributed by atoms with E-state index in [2.05, 4.69) is 28.5 Å². The molecule has 0 aliphatic heterocycles. The SMILES string of the molecule is Cc1c(C(=O)Nc2ccc(Oc3ccnc4cc(C5=CCCC=C5)oc34)cc2)c(=O)n(-c2ccccc2)n1CC(C)(C)O. The van der Waals surface area contributed by atoms with Crippen molar-refractivity contribution in [1.82, 2.24) is 14.3 Å². The van der Waals surface area contributed by atoms with Crippen molar-refractivity contribution in [3.8, 4) is 17.2 Å². The molecule has 0 atom stereocenters. The molecule has 1 amide bonds. The number of para-hydroxylation sites is 1. The Kier molecular flexibility index (Phi) is 7.33. The summed E-state index contributed by atoms with van der Waals surface area (Å²) in [5.41, 5.74) is 2.24. The average Bonchev–Trinajstić information content (AvgIpc) is 3.53. The van der Waals surface area contributed by atoms with Crippen molar-refractivity contribution in [2.24, 2.45) is 0 Å². The molecule has 0 fully saturated rings. The highest BCUT2D eigenvalue weighted by atomic mass is 16.5. The Bertz CT molecular complexity index is 1920. The Labute approximate surface area is 248 Å². The largest absolute Gasteiger partial charge is 0.453 e. The van der Waals surface area contributed by atoms with Gasteiger partial charge in [0.15, 0.2) is 11.3 Å². The second-order valence-corrected chi connectivity index (χ2v) is 11.1. The minimum Gasteiger partial charge on any atom is -0.453 e. The number of hydrogen-bond donors (Lipinski definition) is 2. The third-order valence-corrected chi connectivity index (χ3v) is 7.16. The summed E-state index contributed by atoms with van der Waals surface area (Å²) < 4.78 is 15.3. The zero-order chi connectivity index (χ0) is 30.1. The summed E-state index contributed by atoms with van der Waals surface area (Å²) in [5.74, 6) is 1.27. The van der Waals surface area contributed by atoms with Crippen LogP contribution in [-0.2, 0) is 6.54 Å². The van der Waals surface area contributed by atoms with Gasteiger partial charge in [-0.05, 0) is 70.0 Å². The van der Waals surface area contributed by atoms with Crippen LogP contribution in [0.3, 0.4) is 0 Å². The molecule has 5 aromatic rings. The molecular weight excluding hydrogens is 544 g/mol. The molecule has 3 heterocycles. The minimum atomic E-state index is -1.11. The standard InChI is InChI=1S/C34H32N4O5/c1-22-30(33(40)38(25-12-8-5-9-13-25)37(22)21-34(2,3)41)32(39)36-24-14-16-26(17-15-24)42-28-18-19-35-27-20-29(43-31(27)28)23-10-6-4-7-11-23/h5-6,8-20,41H,4,7,21H2,1-3H3,(H,36,39). The number of aliphatic hydroxyl groups is 1. The van der Waals surface area contributed by atoms with E-state index in [0.717, 1.165) is 24.2 Å². The average molecular weight is 577 g/mol. The van der Waals surface area contributed by atoms with Crippen LogP contribution >= 0.6 is 0 Å². The van der Waals surface area contributed by atoms with Crippen LogP contribution in [0.2, 0.25) is 0 Å². The van der Waals surface area contributed by atoms with E-state index < -0.39 is 17.1 Å². The van der Waals surface area contributed by atoms with Gasteiger partial charge in [-0.3, -0.25) is 19.3 Å². The number of pyridine rings is 1. The van der Waals surface area contributed by atoms with E-state index in [-0.39, 0.29) is 12.1 Å². The molecule has 9 nitrogen and oxygen atoms in total. The normalized spacial score (nSPS) is 13.3. The first kappa shape index (κ1) is 28.0. The summed E-state index contributed by atoms with van der Waals surface area (Å²) in [4.78, 5) is 31.4. The van der Waals surface area contributed by atoms with E-state index in [1.807, 2.05) is 24.3 Å². The Morgan fingerprint density at radius 3 is 2.56 bits per heavy atom. The van der Waals surface area contributed by atoms with Gasteiger partial charge in [0.25, 0.3) is 11.5 Å². The van der Waals surface area contributed by atoms with E-state index in [0.29, 0.717) is 39.7 Å². The number of carbonyl (C=O) groups excluding carboxylic acids is 1. The highest BCUT2D eigenvalue weighted by Crippen LogP contribution is 2.34. The van der Waals surface area contributed by atoms with Crippen LogP contribution in [0.5, 0.6) is 11.5 Å². The highest BCUT2D eigenvalue weighted by Gasteiger charge is 2.27. The van der Waals surface area contributed by atoms with E-state index >= 15 is 0 Å². The molecule has 0 saturated heterocycles. The Morgan fingerprint density at radius 2 is 1.86 bits per heavy atom. The Morgan fingerprint density at radius 1 is 1.09 bits per heavy atom. The summed E-state index contributed by atoms with van der Waals surface area (Å²) in [6.45, 7) is 5.14. The molecule has 0 bridgehead atoms. The van der Waals surface area contributed by atoms with Gasteiger partial charge in [-0.1, -0.05) is 36.4 Å². The molecular formula is C34H32N4O5. The zero-order valence-electron chi connectivity index (χ0n) is 24.2. The number of fused-ring (bicyclic) bond motifs is 1. The van der Waals surface area contributed by atoms with Gasteiger partial charge in [0.05, 0.1) is 23.5 Å². The molecule has 3 aromatic heterocycles. The summed E-state index contributed by atoms with van der Waals surface area (Å²) >= 11 is 0. The van der Waals surface area contributed by atoms with Gasteiger partial charge in [0, 0.05) is 29.6 Å². The molecule has 0 saturated carbocycles. The maximum atomic E-state index is 13.6. The summed E-state index contributed by atoms with van der Waals surface area (Å²) in [7, 11) is 0. The lowest BCUT2D eigenvalue weighted by Gasteiger charge is -2.22. The van der Waals surface area contributed by atoms with Crippen molar-refractivity contribution in [3.63, 3.8) is 0 Å². The molecule has 6 rings (SSSR count). The molecule has 0 unspecified atom stereocenters. The van der Waals surface area contributed by atoms with Crippen molar-refractivity contribution >= 4 is 28.3 Å².